The van der Waals surface area contributed by atoms with Crippen LogP contribution in [0.4, 0.5) is 4.79 Å². The van der Waals surface area contributed by atoms with Crippen LogP contribution in [0.25, 0.3) is 0 Å². The van der Waals surface area contributed by atoms with Gasteiger partial charge in [-0.1, -0.05) is 31.9 Å². The standard InChI is InChI=1S/C21H29N3O4/c1-3-17(15-8-10-16(28-2)11-9-15)22-18(25)7-6-14-24-19(26)21(23-20(24)27)12-4-5-13-21/h8-11,17H,3-7,12-14H2,1-2H3,(H,22,25)(H,23,27)/t17-/m0/s1. The lowest BCUT2D eigenvalue weighted by molar-refractivity contribution is -0.131. The highest BCUT2D eigenvalue weighted by molar-refractivity contribution is 6.07. The van der Waals surface area contributed by atoms with Crippen molar-refractivity contribution < 1.29 is 19.1 Å². The van der Waals surface area contributed by atoms with Crippen molar-refractivity contribution in [3.8, 4) is 5.75 Å². The molecule has 7 heteroatoms. The van der Waals surface area contributed by atoms with Crippen molar-refractivity contribution in [2.24, 2.45) is 0 Å². The molecule has 1 aromatic carbocycles. The minimum absolute atomic E-state index is 0.0723. The predicted molar refractivity (Wildman–Crippen MR) is 105 cm³/mol. The zero-order valence-electron chi connectivity index (χ0n) is 16.6. The smallest absolute Gasteiger partial charge is 0.325 e. The minimum Gasteiger partial charge on any atom is -0.497 e. The van der Waals surface area contributed by atoms with Gasteiger partial charge in [-0.05, 0) is 43.4 Å². The van der Waals surface area contributed by atoms with E-state index in [0.717, 1.165) is 30.6 Å². The third-order valence-corrected chi connectivity index (χ3v) is 5.75. The van der Waals surface area contributed by atoms with Crippen LogP contribution in [-0.4, -0.2) is 41.9 Å². The molecule has 0 bridgehead atoms. The van der Waals surface area contributed by atoms with Crippen LogP contribution in [0.3, 0.4) is 0 Å². The Balaban J connectivity index is 1.48. The van der Waals surface area contributed by atoms with Crippen LogP contribution in [0.15, 0.2) is 24.3 Å². The van der Waals surface area contributed by atoms with Crippen molar-refractivity contribution >= 4 is 17.8 Å². The first-order chi connectivity index (χ1) is 13.5. The molecular formula is C21H29N3O4. The molecule has 4 amide bonds. The van der Waals surface area contributed by atoms with Crippen LogP contribution in [0.2, 0.25) is 0 Å². The summed E-state index contributed by atoms with van der Waals surface area (Å²) < 4.78 is 5.17. The number of ether oxygens (including phenoxy) is 1. The van der Waals surface area contributed by atoms with Gasteiger partial charge in [0.2, 0.25) is 5.91 Å². The number of hydrogen-bond donors (Lipinski definition) is 2. The van der Waals surface area contributed by atoms with Gasteiger partial charge in [-0.3, -0.25) is 14.5 Å². The number of urea groups is 1. The summed E-state index contributed by atoms with van der Waals surface area (Å²) in [6, 6.07) is 7.25. The van der Waals surface area contributed by atoms with Gasteiger partial charge in [0.25, 0.3) is 5.91 Å². The quantitative estimate of drug-likeness (QED) is 0.672. The van der Waals surface area contributed by atoms with Crippen LogP contribution in [0.5, 0.6) is 5.75 Å². The van der Waals surface area contributed by atoms with E-state index in [9.17, 15) is 14.4 Å². The fraction of sp³-hybridized carbons (Fsp3) is 0.571. The van der Waals surface area contributed by atoms with Gasteiger partial charge in [-0.25, -0.2) is 4.79 Å². The lowest BCUT2D eigenvalue weighted by atomic mass is 9.98. The zero-order valence-corrected chi connectivity index (χ0v) is 16.6. The van der Waals surface area contributed by atoms with E-state index in [0.29, 0.717) is 19.3 Å². The first kappa shape index (κ1) is 20.2. The van der Waals surface area contributed by atoms with E-state index in [4.69, 9.17) is 4.74 Å². The summed E-state index contributed by atoms with van der Waals surface area (Å²) in [5.74, 6) is 0.573. The largest absolute Gasteiger partial charge is 0.497 e. The summed E-state index contributed by atoms with van der Waals surface area (Å²) in [4.78, 5) is 38.4. The second-order valence-corrected chi connectivity index (χ2v) is 7.58. The lowest BCUT2D eigenvalue weighted by Gasteiger charge is -2.20. The normalized spacial score (nSPS) is 19.0. The summed E-state index contributed by atoms with van der Waals surface area (Å²) in [7, 11) is 1.62. The number of methoxy groups -OCH3 is 1. The first-order valence-corrected chi connectivity index (χ1v) is 10.1. The number of nitrogens with zero attached hydrogens (tertiary/aromatic N) is 1. The Morgan fingerprint density at radius 1 is 1.25 bits per heavy atom. The monoisotopic (exact) mass is 387 g/mol. The summed E-state index contributed by atoms with van der Waals surface area (Å²) >= 11 is 0. The topological polar surface area (TPSA) is 87.7 Å². The Labute approximate surface area is 165 Å². The van der Waals surface area contributed by atoms with Crippen molar-refractivity contribution in [3.05, 3.63) is 29.8 Å². The van der Waals surface area contributed by atoms with Crippen molar-refractivity contribution in [2.75, 3.05) is 13.7 Å². The number of amides is 4. The number of carbonyl (C=O) groups excluding carboxylic acids is 3. The minimum atomic E-state index is -0.680. The molecule has 1 spiro atoms. The molecule has 28 heavy (non-hydrogen) atoms. The van der Waals surface area contributed by atoms with Crippen molar-refractivity contribution in [1.29, 1.82) is 0 Å². The fourth-order valence-corrected chi connectivity index (χ4v) is 4.12. The van der Waals surface area contributed by atoms with Crippen LogP contribution < -0.4 is 15.4 Å². The van der Waals surface area contributed by atoms with Crippen LogP contribution >= 0.6 is 0 Å². The average Bonchev–Trinajstić information content (AvgIpc) is 3.26. The van der Waals surface area contributed by atoms with Crippen molar-refractivity contribution in [3.63, 3.8) is 0 Å². The fourth-order valence-electron chi connectivity index (χ4n) is 4.12. The molecule has 2 N–H and O–H groups in total. The number of nitrogens with one attached hydrogen (secondary N) is 2. The maximum absolute atomic E-state index is 12.6. The molecule has 152 valence electrons. The molecule has 7 nitrogen and oxygen atoms in total. The summed E-state index contributed by atoms with van der Waals surface area (Å²) in [6.45, 7) is 2.29. The highest BCUT2D eigenvalue weighted by atomic mass is 16.5. The molecule has 1 aliphatic heterocycles. The number of carbonyl (C=O) groups is 3. The Morgan fingerprint density at radius 3 is 2.54 bits per heavy atom. The molecule has 1 atom stereocenters. The third-order valence-electron chi connectivity index (χ3n) is 5.75. The predicted octanol–water partition coefficient (Wildman–Crippen LogP) is 2.91. The second kappa shape index (κ2) is 8.63. The van der Waals surface area contributed by atoms with Gasteiger partial charge in [-0.2, -0.15) is 0 Å². The van der Waals surface area contributed by atoms with Crippen molar-refractivity contribution in [1.82, 2.24) is 15.5 Å². The highest BCUT2D eigenvalue weighted by Crippen LogP contribution is 2.35. The molecule has 0 unspecified atom stereocenters. The number of hydrogen-bond acceptors (Lipinski definition) is 4. The molecule has 2 fully saturated rings. The highest BCUT2D eigenvalue weighted by Gasteiger charge is 2.52. The maximum atomic E-state index is 12.6. The van der Waals surface area contributed by atoms with E-state index in [1.807, 2.05) is 31.2 Å². The van der Waals surface area contributed by atoms with Crippen LogP contribution in [0, 0.1) is 0 Å². The van der Waals surface area contributed by atoms with Gasteiger partial charge in [-0.15, -0.1) is 0 Å². The second-order valence-electron chi connectivity index (χ2n) is 7.58. The van der Waals surface area contributed by atoms with Crippen molar-refractivity contribution in [2.45, 2.75) is 63.5 Å². The Kier molecular flexibility index (Phi) is 6.21. The Bertz CT molecular complexity index is 726. The lowest BCUT2D eigenvalue weighted by Crippen LogP contribution is -2.44. The molecule has 0 radical (unpaired) electrons. The van der Waals surface area contributed by atoms with Gasteiger partial charge in [0.1, 0.15) is 11.3 Å². The summed E-state index contributed by atoms with van der Waals surface area (Å²) in [6.07, 6.45) is 4.87. The van der Waals surface area contributed by atoms with Gasteiger partial charge in [0, 0.05) is 13.0 Å². The first-order valence-electron chi connectivity index (χ1n) is 10.1. The molecule has 3 rings (SSSR count). The van der Waals surface area contributed by atoms with E-state index in [1.165, 1.54) is 4.90 Å². The van der Waals surface area contributed by atoms with Gasteiger partial charge >= 0.3 is 6.03 Å². The molecule has 1 aliphatic carbocycles. The van der Waals surface area contributed by atoms with E-state index < -0.39 is 5.54 Å². The summed E-state index contributed by atoms with van der Waals surface area (Å²) in [5, 5.41) is 5.90. The molecule has 1 aromatic rings. The molecule has 0 aromatic heterocycles. The van der Waals surface area contributed by atoms with E-state index >= 15 is 0 Å². The third kappa shape index (κ3) is 4.13. The van der Waals surface area contributed by atoms with Gasteiger partial charge in [0.05, 0.1) is 13.2 Å². The van der Waals surface area contributed by atoms with Gasteiger partial charge < -0.3 is 15.4 Å². The Hall–Kier alpha value is -2.57. The molecule has 1 heterocycles. The Morgan fingerprint density at radius 2 is 1.93 bits per heavy atom. The SMILES string of the molecule is CC[C@H](NC(=O)CCCN1C(=O)NC2(CCCC2)C1=O)c1ccc(OC)cc1. The number of imide groups is 1. The van der Waals surface area contributed by atoms with E-state index in [2.05, 4.69) is 10.6 Å². The van der Waals surface area contributed by atoms with E-state index in [-0.39, 0.29) is 36.9 Å². The average molecular weight is 387 g/mol. The van der Waals surface area contributed by atoms with E-state index in [1.54, 1.807) is 7.11 Å². The van der Waals surface area contributed by atoms with Crippen LogP contribution in [-0.2, 0) is 9.59 Å². The van der Waals surface area contributed by atoms with Gasteiger partial charge in [0.15, 0.2) is 0 Å². The van der Waals surface area contributed by atoms with Crippen LogP contribution in [0.1, 0.15) is 63.5 Å². The molecule has 2 aliphatic rings. The molecule has 1 saturated carbocycles. The zero-order chi connectivity index (χ0) is 20.1. The number of rotatable bonds is 8. The summed E-state index contributed by atoms with van der Waals surface area (Å²) in [5.41, 5.74) is 0.343. The maximum Gasteiger partial charge on any atom is 0.325 e. The molecular weight excluding hydrogens is 358 g/mol. The molecule has 1 saturated heterocycles. The number of benzene rings is 1.